The molecular formula is C19H20N6O2. The fraction of sp³-hybridized carbons (Fsp3) is 0.263. The molecule has 138 valence electrons. The maximum absolute atomic E-state index is 9.85. The molecule has 1 aromatic carbocycles. The zero-order chi connectivity index (χ0) is 19.4. The van der Waals surface area contributed by atoms with Crippen molar-refractivity contribution in [3.63, 3.8) is 0 Å². The Kier molecular flexibility index (Phi) is 5.05. The van der Waals surface area contributed by atoms with Crippen molar-refractivity contribution >= 4 is 11.6 Å². The van der Waals surface area contributed by atoms with Crippen LogP contribution in [0.25, 0.3) is 11.1 Å². The first-order valence-electron chi connectivity index (χ1n) is 8.30. The predicted molar refractivity (Wildman–Crippen MR) is 101 cm³/mol. The molecule has 0 fully saturated rings. The summed E-state index contributed by atoms with van der Waals surface area (Å²) in [5.41, 5.74) is 2.02. The van der Waals surface area contributed by atoms with Crippen LogP contribution in [0.1, 0.15) is 19.4 Å². The predicted octanol–water partition coefficient (Wildman–Crippen LogP) is 2.73. The monoisotopic (exact) mass is 364 g/mol. The highest BCUT2D eigenvalue weighted by Gasteiger charge is 2.14. The van der Waals surface area contributed by atoms with Crippen molar-refractivity contribution in [1.82, 2.24) is 19.7 Å². The number of anilines is 2. The van der Waals surface area contributed by atoms with E-state index in [1.54, 1.807) is 55.4 Å². The van der Waals surface area contributed by atoms with Gasteiger partial charge >= 0.3 is 0 Å². The number of nitrogens with one attached hydrogen (secondary N) is 1. The molecule has 8 nitrogen and oxygen atoms in total. The van der Waals surface area contributed by atoms with Gasteiger partial charge in [0.2, 0.25) is 5.95 Å². The van der Waals surface area contributed by atoms with Crippen molar-refractivity contribution in [1.29, 1.82) is 5.26 Å². The van der Waals surface area contributed by atoms with Crippen LogP contribution >= 0.6 is 0 Å². The van der Waals surface area contributed by atoms with E-state index in [-0.39, 0.29) is 0 Å². The lowest BCUT2D eigenvalue weighted by Gasteiger charge is -2.16. The maximum Gasteiger partial charge on any atom is 0.227 e. The van der Waals surface area contributed by atoms with Gasteiger partial charge in [-0.15, -0.1) is 0 Å². The van der Waals surface area contributed by atoms with Crippen molar-refractivity contribution in [2.24, 2.45) is 0 Å². The van der Waals surface area contributed by atoms with E-state index in [1.807, 2.05) is 6.07 Å². The largest absolute Gasteiger partial charge is 0.495 e. The molecule has 0 saturated heterocycles. The number of aliphatic hydroxyl groups is 1. The fourth-order valence-corrected chi connectivity index (χ4v) is 2.54. The van der Waals surface area contributed by atoms with Crippen LogP contribution in [0.3, 0.4) is 0 Å². The Morgan fingerprint density at radius 3 is 2.59 bits per heavy atom. The van der Waals surface area contributed by atoms with E-state index in [9.17, 15) is 5.11 Å². The van der Waals surface area contributed by atoms with Gasteiger partial charge in [0.25, 0.3) is 0 Å². The van der Waals surface area contributed by atoms with Crippen molar-refractivity contribution in [3.05, 3.63) is 48.5 Å². The van der Waals surface area contributed by atoms with Crippen LogP contribution in [0.4, 0.5) is 11.6 Å². The van der Waals surface area contributed by atoms with Crippen molar-refractivity contribution in [3.8, 4) is 22.9 Å². The van der Waals surface area contributed by atoms with Crippen LogP contribution in [-0.4, -0.2) is 37.6 Å². The van der Waals surface area contributed by atoms with E-state index in [0.717, 1.165) is 16.8 Å². The highest BCUT2D eigenvalue weighted by atomic mass is 16.5. The molecule has 0 atom stereocenters. The molecular weight excluding hydrogens is 344 g/mol. The van der Waals surface area contributed by atoms with Crippen molar-refractivity contribution in [2.75, 3.05) is 12.4 Å². The van der Waals surface area contributed by atoms with Gasteiger partial charge < -0.3 is 15.2 Å². The average molecular weight is 364 g/mol. The van der Waals surface area contributed by atoms with E-state index < -0.39 is 5.60 Å². The first kappa shape index (κ1) is 18.4. The second-order valence-corrected chi connectivity index (χ2v) is 6.69. The Balaban J connectivity index is 1.74. The van der Waals surface area contributed by atoms with Gasteiger partial charge in [0, 0.05) is 24.2 Å². The third kappa shape index (κ3) is 4.59. The van der Waals surface area contributed by atoms with Gasteiger partial charge in [-0.25, -0.2) is 9.97 Å². The summed E-state index contributed by atoms with van der Waals surface area (Å²) in [5.74, 6) is 0.943. The molecule has 0 aliphatic carbocycles. The summed E-state index contributed by atoms with van der Waals surface area (Å²) in [6.45, 7) is 3.83. The fourth-order valence-electron chi connectivity index (χ4n) is 2.54. The third-order valence-electron chi connectivity index (χ3n) is 3.75. The van der Waals surface area contributed by atoms with E-state index >= 15 is 0 Å². The number of nitrogens with zero attached hydrogens (tertiary/aromatic N) is 5. The molecule has 3 rings (SSSR count). The van der Waals surface area contributed by atoms with Crippen molar-refractivity contribution in [2.45, 2.75) is 26.0 Å². The number of aromatic nitrogens is 4. The van der Waals surface area contributed by atoms with Gasteiger partial charge in [0.15, 0.2) is 0 Å². The lowest BCUT2D eigenvalue weighted by atomic mass is 10.1. The first-order valence-corrected chi connectivity index (χ1v) is 8.30. The van der Waals surface area contributed by atoms with Gasteiger partial charge in [-0.05, 0) is 31.5 Å². The van der Waals surface area contributed by atoms with Crippen LogP contribution in [0.5, 0.6) is 5.75 Å². The summed E-state index contributed by atoms with van der Waals surface area (Å²) in [6, 6.07) is 7.40. The van der Waals surface area contributed by atoms with E-state index in [0.29, 0.717) is 23.8 Å². The Bertz CT molecular complexity index is 967. The van der Waals surface area contributed by atoms with Gasteiger partial charge in [0.05, 0.1) is 36.7 Å². The number of rotatable bonds is 6. The Morgan fingerprint density at radius 1 is 1.22 bits per heavy atom. The Morgan fingerprint density at radius 2 is 1.96 bits per heavy atom. The lowest BCUT2D eigenvalue weighted by molar-refractivity contribution is 0.0578. The smallest absolute Gasteiger partial charge is 0.227 e. The zero-order valence-electron chi connectivity index (χ0n) is 15.3. The summed E-state index contributed by atoms with van der Waals surface area (Å²) in [4.78, 5) is 8.64. The van der Waals surface area contributed by atoms with Gasteiger partial charge in [-0.2, -0.15) is 10.4 Å². The molecule has 0 radical (unpaired) electrons. The van der Waals surface area contributed by atoms with E-state index in [1.165, 1.54) is 7.11 Å². The molecule has 8 heteroatoms. The minimum Gasteiger partial charge on any atom is -0.495 e. The number of hydrogen-bond acceptors (Lipinski definition) is 7. The number of benzene rings is 1. The van der Waals surface area contributed by atoms with E-state index in [2.05, 4.69) is 26.5 Å². The Hall–Kier alpha value is -3.44. The molecule has 0 saturated carbocycles. The highest BCUT2D eigenvalue weighted by molar-refractivity contribution is 5.66. The summed E-state index contributed by atoms with van der Waals surface area (Å²) in [6.07, 6.45) is 6.81. The van der Waals surface area contributed by atoms with Gasteiger partial charge in [-0.1, -0.05) is 6.07 Å². The average Bonchev–Trinajstić information content (AvgIpc) is 3.06. The zero-order valence-corrected chi connectivity index (χ0v) is 15.3. The van der Waals surface area contributed by atoms with Crippen LogP contribution in [0.15, 0.2) is 43.0 Å². The Labute approximate surface area is 157 Å². The quantitative estimate of drug-likeness (QED) is 0.692. The van der Waals surface area contributed by atoms with Gasteiger partial charge in [0.1, 0.15) is 11.8 Å². The van der Waals surface area contributed by atoms with E-state index in [4.69, 9.17) is 10.00 Å². The lowest BCUT2D eigenvalue weighted by Crippen LogP contribution is -2.26. The minimum absolute atomic E-state index is 0.384. The van der Waals surface area contributed by atoms with Crippen LogP contribution in [0.2, 0.25) is 0 Å². The molecule has 2 N–H and O–H groups in total. The molecule has 0 spiro atoms. The SMILES string of the molecule is COc1cc(-c2cnc(Nc3cnn(CC(C)(C)O)c3)nc2)ccc1C#N. The summed E-state index contributed by atoms with van der Waals surface area (Å²) in [7, 11) is 1.53. The number of hydrogen-bond donors (Lipinski definition) is 2. The normalized spacial score (nSPS) is 11.1. The van der Waals surface area contributed by atoms with Crippen LogP contribution < -0.4 is 10.1 Å². The number of nitriles is 1. The molecule has 0 bridgehead atoms. The minimum atomic E-state index is -0.844. The maximum atomic E-state index is 9.85. The molecule has 0 aliphatic rings. The molecule has 27 heavy (non-hydrogen) atoms. The summed E-state index contributed by atoms with van der Waals surface area (Å²) < 4.78 is 6.89. The summed E-state index contributed by atoms with van der Waals surface area (Å²) >= 11 is 0. The second kappa shape index (κ2) is 7.43. The highest BCUT2D eigenvalue weighted by Crippen LogP contribution is 2.26. The van der Waals surface area contributed by atoms with Crippen molar-refractivity contribution < 1.29 is 9.84 Å². The summed E-state index contributed by atoms with van der Waals surface area (Å²) in [5, 5.41) is 26.2. The third-order valence-corrected chi connectivity index (χ3v) is 3.75. The number of methoxy groups -OCH3 is 1. The molecule has 0 aliphatic heterocycles. The molecule has 3 aromatic rings. The topological polar surface area (TPSA) is 109 Å². The first-order chi connectivity index (χ1) is 12.9. The van der Waals surface area contributed by atoms with Gasteiger partial charge in [-0.3, -0.25) is 4.68 Å². The number of ether oxygens (including phenoxy) is 1. The standard InChI is InChI=1S/C19H20N6O2/c1-19(2,26)12-25-11-16(10-23-25)24-18-21-8-15(9-22-18)13-4-5-14(7-20)17(6-13)27-3/h4-6,8-11,26H,12H2,1-3H3,(H,21,22,24). The molecule has 0 amide bonds. The molecule has 2 aromatic heterocycles. The molecule has 2 heterocycles. The molecule has 0 unspecified atom stereocenters. The second-order valence-electron chi connectivity index (χ2n) is 6.69. The van der Waals surface area contributed by atoms with Crippen LogP contribution in [-0.2, 0) is 6.54 Å². The van der Waals surface area contributed by atoms with Crippen LogP contribution in [0, 0.1) is 11.3 Å².